The van der Waals surface area contributed by atoms with Crippen LogP contribution in [0.15, 0.2) is 0 Å². The highest BCUT2D eigenvalue weighted by Gasteiger charge is 2.22. The van der Waals surface area contributed by atoms with E-state index in [-0.39, 0.29) is 0 Å². The van der Waals surface area contributed by atoms with Gasteiger partial charge in [-0.05, 0) is 19.4 Å². The van der Waals surface area contributed by atoms with Crippen molar-refractivity contribution < 1.29 is 4.74 Å². The first-order valence-electron chi connectivity index (χ1n) is 5.88. The Morgan fingerprint density at radius 3 is 2.43 bits per heavy atom. The van der Waals surface area contributed by atoms with Crippen molar-refractivity contribution >= 4 is 0 Å². The van der Waals surface area contributed by atoms with Gasteiger partial charge in [0.1, 0.15) is 0 Å². The number of unbranched alkanes of at least 4 members (excludes halogenated alkanes) is 1. The molecule has 0 aromatic carbocycles. The van der Waals surface area contributed by atoms with Crippen molar-refractivity contribution in [3.05, 3.63) is 0 Å². The van der Waals surface area contributed by atoms with Gasteiger partial charge in [-0.25, -0.2) is 0 Å². The summed E-state index contributed by atoms with van der Waals surface area (Å²) in [6.45, 7) is 9.84. The van der Waals surface area contributed by atoms with E-state index < -0.39 is 0 Å². The fraction of sp³-hybridized carbons (Fsp3) is 1.00. The maximum absolute atomic E-state index is 5.28. The van der Waals surface area contributed by atoms with Crippen LogP contribution in [0.4, 0.5) is 0 Å². The third kappa shape index (κ3) is 6.39. The zero-order chi connectivity index (χ0) is 10.9. The van der Waals surface area contributed by atoms with E-state index in [1.165, 1.54) is 25.7 Å². The van der Waals surface area contributed by atoms with Crippen LogP contribution in [0, 0.1) is 5.41 Å². The van der Waals surface area contributed by atoms with Gasteiger partial charge in [-0.3, -0.25) is 0 Å². The van der Waals surface area contributed by atoms with E-state index in [2.05, 4.69) is 26.1 Å². The summed E-state index contributed by atoms with van der Waals surface area (Å²) in [5.74, 6) is 0. The molecule has 0 amide bonds. The summed E-state index contributed by atoms with van der Waals surface area (Å²) in [6, 6.07) is 0. The summed E-state index contributed by atoms with van der Waals surface area (Å²) in [5.41, 5.74) is 0.317. The SMILES string of the molecule is CCCCNCC(C)(CCC)COC. The average Bonchev–Trinajstić information content (AvgIpc) is 2.13. The first-order chi connectivity index (χ1) is 6.68. The fourth-order valence-electron chi connectivity index (χ4n) is 1.86. The normalized spacial score (nSPS) is 15.4. The average molecular weight is 201 g/mol. The van der Waals surface area contributed by atoms with Gasteiger partial charge in [0, 0.05) is 19.1 Å². The van der Waals surface area contributed by atoms with Gasteiger partial charge in [0.2, 0.25) is 0 Å². The second-order valence-corrected chi connectivity index (χ2v) is 4.52. The van der Waals surface area contributed by atoms with Crippen molar-refractivity contribution in [1.82, 2.24) is 5.32 Å². The van der Waals surface area contributed by atoms with Gasteiger partial charge in [-0.1, -0.05) is 33.6 Å². The summed E-state index contributed by atoms with van der Waals surface area (Å²) < 4.78 is 5.28. The third-order valence-electron chi connectivity index (χ3n) is 2.61. The largest absolute Gasteiger partial charge is 0.384 e. The molecule has 0 rings (SSSR count). The molecule has 14 heavy (non-hydrogen) atoms. The molecule has 0 saturated heterocycles. The van der Waals surface area contributed by atoms with Gasteiger partial charge in [-0.2, -0.15) is 0 Å². The molecule has 0 heterocycles. The Morgan fingerprint density at radius 2 is 1.93 bits per heavy atom. The highest BCUT2D eigenvalue weighted by Crippen LogP contribution is 2.22. The van der Waals surface area contributed by atoms with Gasteiger partial charge in [0.15, 0.2) is 0 Å². The molecule has 0 bridgehead atoms. The minimum atomic E-state index is 0.317. The van der Waals surface area contributed by atoms with Crippen molar-refractivity contribution in [3.63, 3.8) is 0 Å². The summed E-state index contributed by atoms with van der Waals surface area (Å²) >= 11 is 0. The lowest BCUT2D eigenvalue weighted by Crippen LogP contribution is -2.35. The number of nitrogens with one attached hydrogen (secondary N) is 1. The molecule has 0 spiro atoms. The molecule has 0 aromatic heterocycles. The standard InChI is InChI=1S/C12H27NO/c1-5-7-9-13-10-12(3,8-6-2)11-14-4/h13H,5-11H2,1-4H3. The van der Waals surface area contributed by atoms with Crippen LogP contribution in [-0.4, -0.2) is 26.8 Å². The summed E-state index contributed by atoms with van der Waals surface area (Å²) in [7, 11) is 1.79. The Labute approximate surface area is 89.4 Å². The Hall–Kier alpha value is -0.0800. The monoisotopic (exact) mass is 201 g/mol. The van der Waals surface area contributed by atoms with Crippen LogP contribution in [0.5, 0.6) is 0 Å². The minimum absolute atomic E-state index is 0.317. The van der Waals surface area contributed by atoms with Gasteiger partial charge in [0.25, 0.3) is 0 Å². The zero-order valence-corrected chi connectivity index (χ0v) is 10.4. The van der Waals surface area contributed by atoms with Gasteiger partial charge in [0.05, 0.1) is 6.61 Å². The number of ether oxygens (including phenoxy) is 1. The summed E-state index contributed by atoms with van der Waals surface area (Å²) in [5, 5.41) is 3.52. The van der Waals surface area contributed by atoms with Crippen molar-refractivity contribution in [2.45, 2.75) is 46.5 Å². The van der Waals surface area contributed by atoms with E-state index in [1.807, 2.05) is 0 Å². The van der Waals surface area contributed by atoms with Crippen molar-refractivity contribution in [3.8, 4) is 0 Å². The second-order valence-electron chi connectivity index (χ2n) is 4.52. The highest BCUT2D eigenvalue weighted by atomic mass is 16.5. The Morgan fingerprint density at radius 1 is 1.21 bits per heavy atom. The number of hydrogen-bond donors (Lipinski definition) is 1. The van der Waals surface area contributed by atoms with Crippen LogP contribution in [0.25, 0.3) is 0 Å². The van der Waals surface area contributed by atoms with E-state index in [9.17, 15) is 0 Å². The van der Waals surface area contributed by atoms with Gasteiger partial charge >= 0.3 is 0 Å². The molecule has 0 radical (unpaired) electrons. The van der Waals surface area contributed by atoms with Crippen LogP contribution in [-0.2, 0) is 4.74 Å². The molecule has 2 nitrogen and oxygen atoms in total. The van der Waals surface area contributed by atoms with E-state index in [0.29, 0.717) is 5.41 Å². The fourth-order valence-corrected chi connectivity index (χ4v) is 1.86. The lowest BCUT2D eigenvalue weighted by molar-refractivity contribution is 0.0840. The first-order valence-corrected chi connectivity index (χ1v) is 5.88. The van der Waals surface area contributed by atoms with E-state index >= 15 is 0 Å². The van der Waals surface area contributed by atoms with Crippen LogP contribution in [0.2, 0.25) is 0 Å². The van der Waals surface area contributed by atoms with Crippen LogP contribution >= 0.6 is 0 Å². The van der Waals surface area contributed by atoms with Crippen molar-refractivity contribution in [2.24, 2.45) is 5.41 Å². The predicted octanol–water partition coefficient (Wildman–Crippen LogP) is 2.83. The number of hydrogen-bond acceptors (Lipinski definition) is 2. The van der Waals surface area contributed by atoms with Crippen molar-refractivity contribution in [2.75, 3.05) is 26.8 Å². The maximum atomic E-state index is 5.28. The molecular formula is C12H27NO. The molecule has 0 saturated carbocycles. The molecule has 0 aliphatic carbocycles. The third-order valence-corrected chi connectivity index (χ3v) is 2.61. The highest BCUT2D eigenvalue weighted by molar-refractivity contribution is 4.76. The number of methoxy groups -OCH3 is 1. The van der Waals surface area contributed by atoms with Gasteiger partial charge < -0.3 is 10.1 Å². The van der Waals surface area contributed by atoms with Crippen molar-refractivity contribution in [1.29, 1.82) is 0 Å². The van der Waals surface area contributed by atoms with E-state index in [0.717, 1.165) is 19.7 Å². The Kier molecular flexibility index (Phi) is 8.20. The molecule has 0 fully saturated rings. The maximum Gasteiger partial charge on any atom is 0.0528 e. The van der Waals surface area contributed by atoms with E-state index in [4.69, 9.17) is 4.74 Å². The zero-order valence-electron chi connectivity index (χ0n) is 10.4. The minimum Gasteiger partial charge on any atom is -0.384 e. The molecule has 86 valence electrons. The molecule has 0 aromatic rings. The second kappa shape index (κ2) is 8.25. The predicted molar refractivity (Wildman–Crippen MR) is 62.7 cm³/mol. The molecule has 1 N–H and O–H groups in total. The van der Waals surface area contributed by atoms with E-state index in [1.54, 1.807) is 7.11 Å². The summed E-state index contributed by atoms with van der Waals surface area (Å²) in [4.78, 5) is 0. The Bertz CT molecular complexity index is 119. The summed E-state index contributed by atoms with van der Waals surface area (Å²) in [6.07, 6.45) is 5.01. The molecule has 0 aliphatic rings. The van der Waals surface area contributed by atoms with Crippen LogP contribution in [0.1, 0.15) is 46.5 Å². The Balaban J connectivity index is 3.71. The quantitative estimate of drug-likeness (QED) is 0.579. The van der Waals surface area contributed by atoms with Crippen LogP contribution < -0.4 is 5.32 Å². The molecule has 1 atom stereocenters. The topological polar surface area (TPSA) is 21.3 Å². The molecular weight excluding hydrogens is 174 g/mol. The first kappa shape index (κ1) is 13.9. The lowest BCUT2D eigenvalue weighted by atomic mass is 9.86. The molecule has 1 unspecified atom stereocenters. The molecule has 0 aliphatic heterocycles. The molecule has 2 heteroatoms. The number of rotatable bonds is 9. The van der Waals surface area contributed by atoms with Crippen LogP contribution in [0.3, 0.4) is 0 Å². The lowest BCUT2D eigenvalue weighted by Gasteiger charge is -2.28. The van der Waals surface area contributed by atoms with Gasteiger partial charge in [-0.15, -0.1) is 0 Å². The smallest absolute Gasteiger partial charge is 0.0528 e.